The van der Waals surface area contributed by atoms with E-state index in [0.29, 0.717) is 5.69 Å². The zero-order valence-electron chi connectivity index (χ0n) is 10.1. The highest BCUT2D eigenvalue weighted by Gasteiger charge is 2.32. The number of carbonyl (C=O) groups is 1. The summed E-state index contributed by atoms with van der Waals surface area (Å²) < 4.78 is 38.2. The summed E-state index contributed by atoms with van der Waals surface area (Å²) in [5, 5.41) is 6.22. The summed E-state index contributed by atoms with van der Waals surface area (Å²) in [5.74, 6) is -0.449. The highest BCUT2D eigenvalue weighted by Crippen LogP contribution is 2.27. The van der Waals surface area contributed by atoms with Gasteiger partial charge in [0.25, 0.3) is 0 Å². The number of nitrogens with zero attached hydrogens (tertiary/aromatic N) is 3. The number of anilines is 2. The molecule has 6 nitrogen and oxygen atoms in total. The average molecular weight is 285 g/mol. The lowest BCUT2D eigenvalue weighted by atomic mass is 10.3. The van der Waals surface area contributed by atoms with Crippen molar-refractivity contribution < 1.29 is 18.0 Å². The van der Waals surface area contributed by atoms with Crippen LogP contribution in [0.25, 0.3) is 0 Å². The molecule has 0 aliphatic heterocycles. The molecule has 0 fully saturated rings. The van der Waals surface area contributed by atoms with Crippen molar-refractivity contribution in [3.8, 4) is 0 Å². The van der Waals surface area contributed by atoms with Crippen LogP contribution in [-0.2, 0) is 17.5 Å². The number of amides is 1. The summed E-state index contributed by atoms with van der Waals surface area (Å²) in [6.07, 6.45) is -0.717. The number of hydrogen-bond donors (Lipinski definition) is 2. The Morgan fingerprint density at radius 3 is 2.60 bits per heavy atom. The first kappa shape index (κ1) is 13.8. The van der Waals surface area contributed by atoms with Crippen LogP contribution in [0.4, 0.5) is 24.5 Å². The molecule has 0 bridgehead atoms. The normalized spacial score (nSPS) is 11.3. The Kier molecular flexibility index (Phi) is 3.59. The average Bonchev–Trinajstić information content (AvgIpc) is 2.74. The topological polar surface area (TPSA) is 85.8 Å². The van der Waals surface area contributed by atoms with Crippen LogP contribution in [0.5, 0.6) is 0 Å². The van der Waals surface area contributed by atoms with Gasteiger partial charge >= 0.3 is 6.18 Å². The van der Waals surface area contributed by atoms with Crippen LogP contribution in [-0.4, -0.2) is 20.7 Å². The number of alkyl halides is 3. The number of pyridine rings is 1. The van der Waals surface area contributed by atoms with Crippen LogP contribution in [0.2, 0.25) is 0 Å². The van der Waals surface area contributed by atoms with Crippen LogP contribution in [0.3, 0.4) is 0 Å². The third-order valence-corrected chi connectivity index (χ3v) is 2.30. The Bertz CT molecular complexity index is 605. The maximum Gasteiger partial charge on any atom is 0.433 e. The fraction of sp³-hybridized carbons (Fsp3) is 0.182. The Morgan fingerprint density at radius 1 is 1.35 bits per heavy atom. The number of nitrogens with two attached hydrogens (primary N) is 1. The molecule has 20 heavy (non-hydrogen) atoms. The van der Waals surface area contributed by atoms with Gasteiger partial charge in [0, 0.05) is 6.20 Å². The molecule has 0 saturated carbocycles. The van der Waals surface area contributed by atoms with Crippen molar-refractivity contribution in [2.45, 2.75) is 12.7 Å². The zero-order valence-corrected chi connectivity index (χ0v) is 10.1. The molecular formula is C11H10F3N5O. The van der Waals surface area contributed by atoms with E-state index < -0.39 is 17.8 Å². The molecule has 0 radical (unpaired) electrons. The van der Waals surface area contributed by atoms with Crippen molar-refractivity contribution in [1.29, 1.82) is 0 Å². The molecular weight excluding hydrogens is 275 g/mol. The Hall–Kier alpha value is -2.58. The number of aromatic nitrogens is 3. The molecule has 0 aliphatic carbocycles. The summed E-state index contributed by atoms with van der Waals surface area (Å²) >= 11 is 0. The van der Waals surface area contributed by atoms with E-state index in [2.05, 4.69) is 15.4 Å². The van der Waals surface area contributed by atoms with E-state index in [0.717, 1.165) is 18.3 Å². The molecule has 9 heteroatoms. The lowest BCUT2D eigenvalue weighted by molar-refractivity contribution is -0.141. The van der Waals surface area contributed by atoms with Crippen molar-refractivity contribution in [3.63, 3.8) is 0 Å². The lowest BCUT2D eigenvalue weighted by Crippen LogP contribution is -2.19. The molecule has 0 aliphatic rings. The maximum atomic E-state index is 12.3. The number of halogens is 3. The third kappa shape index (κ3) is 3.46. The van der Waals surface area contributed by atoms with Crippen molar-refractivity contribution in [3.05, 3.63) is 36.4 Å². The van der Waals surface area contributed by atoms with E-state index in [9.17, 15) is 18.0 Å². The summed E-state index contributed by atoms with van der Waals surface area (Å²) in [4.78, 5) is 14.8. The van der Waals surface area contributed by atoms with Crippen molar-refractivity contribution >= 4 is 17.3 Å². The molecule has 0 spiro atoms. The second kappa shape index (κ2) is 5.19. The molecule has 106 valence electrons. The van der Waals surface area contributed by atoms with Gasteiger partial charge in [-0.2, -0.15) is 18.3 Å². The number of hydrogen-bond acceptors (Lipinski definition) is 4. The number of carbonyl (C=O) groups excluding carboxylic acids is 1. The largest absolute Gasteiger partial charge is 0.433 e. The minimum atomic E-state index is -4.50. The molecule has 0 saturated heterocycles. The maximum absolute atomic E-state index is 12.3. The zero-order chi connectivity index (χ0) is 14.8. The van der Waals surface area contributed by atoms with Crippen LogP contribution < -0.4 is 11.1 Å². The monoisotopic (exact) mass is 285 g/mol. The first-order valence-electron chi connectivity index (χ1n) is 5.45. The summed E-state index contributed by atoms with van der Waals surface area (Å²) in [6.45, 7) is -0.0990. The van der Waals surface area contributed by atoms with Crippen LogP contribution >= 0.6 is 0 Å². The second-order valence-corrected chi connectivity index (χ2v) is 3.95. The molecule has 2 heterocycles. The molecule has 0 atom stereocenters. The fourth-order valence-electron chi connectivity index (χ4n) is 1.45. The van der Waals surface area contributed by atoms with Gasteiger partial charge in [0.2, 0.25) is 5.91 Å². The highest BCUT2D eigenvalue weighted by atomic mass is 19.4. The minimum absolute atomic E-state index is 0.0990. The molecule has 1 amide bonds. The quantitative estimate of drug-likeness (QED) is 0.895. The van der Waals surface area contributed by atoms with E-state index >= 15 is 0 Å². The Morgan fingerprint density at radius 2 is 2.10 bits per heavy atom. The van der Waals surface area contributed by atoms with Gasteiger partial charge in [0.05, 0.1) is 23.8 Å². The van der Waals surface area contributed by atoms with Gasteiger partial charge in [0.15, 0.2) is 0 Å². The predicted molar refractivity (Wildman–Crippen MR) is 64.5 cm³/mol. The smallest absolute Gasteiger partial charge is 0.396 e. The molecule has 3 N–H and O–H groups in total. The highest BCUT2D eigenvalue weighted by molar-refractivity contribution is 5.90. The minimum Gasteiger partial charge on any atom is -0.396 e. The van der Waals surface area contributed by atoms with Gasteiger partial charge < -0.3 is 11.1 Å². The van der Waals surface area contributed by atoms with Crippen LogP contribution in [0, 0.1) is 0 Å². The second-order valence-electron chi connectivity index (χ2n) is 3.95. The van der Waals surface area contributed by atoms with Gasteiger partial charge in [-0.25, -0.2) is 4.98 Å². The summed E-state index contributed by atoms with van der Waals surface area (Å²) in [5.41, 5.74) is 5.00. The van der Waals surface area contributed by atoms with Crippen LogP contribution in [0.15, 0.2) is 30.7 Å². The molecule has 2 aromatic heterocycles. The summed E-state index contributed by atoms with van der Waals surface area (Å²) in [6, 6.07) is 1.92. The van der Waals surface area contributed by atoms with Gasteiger partial charge in [0.1, 0.15) is 12.2 Å². The van der Waals surface area contributed by atoms with Gasteiger partial charge in [-0.3, -0.25) is 9.48 Å². The molecule has 2 aromatic rings. The van der Waals surface area contributed by atoms with E-state index in [1.807, 2.05) is 0 Å². The fourth-order valence-corrected chi connectivity index (χ4v) is 1.45. The number of nitrogen functional groups attached to an aromatic ring is 1. The van der Waals surface area contributed by atoms with Gasteiger partial charge in [-0.05, 0) is 12.1 Å². The predicted octanol–water partition coefficient (Wildman–Crippen LogP) is 1.52. The SMILES string of the molecule is Nc1cnn(CC(=O)Nc2ccc(C(F)(F)F)nc2)c1. The number of rotatable bonds is 3. The lowest BCUT2D eigenvalue weighted by Gasteiger charge is -2.08. The van der Waals surface area contributed by atoms with Crippen molar-refractivity contribution in [1.82, 2.24) is 14.8 Å². The molecule has 0 aromatic carbocycles. The van der Waals surface area contributed by atoms with Crippen molar-refractivity contribution in [2.75, 3.05) is 11.1 Å². The van der Waals surface area contributed by atoms with Gasteiger partial charge in [-0.1, -0.05) is 0 Å². The molecule has 2 rings (SSSR count). The van der Waals surface area contributed by atoms with E-state index in [1.165, 1.54) is 17.1 Å². The van der Waals surface area contributed by atoms with E-state index in [-0.39, 0.29) is 12.2 Å². The molecule has 0 unspecified atom stereocenters. The van der Waals surface area contributed by atoms with Crippen molar-refractivity contribution in [2.24, 2.45) is 0 Å². The van der Waals surface area contributed by atoms with E-state index in [4.69, 9.17) is 5.73 Å². The van der Waals surface area contributed by atoms with E-state index in [1.54, 1.807) is 0 Å². The Labute approximate surface area is 111 Å². The van der Waals surface area contributed by atoms with Crippen LogP contribution in [0.1, 0.15) is 5.69 Å². The standard InChI is InChI=1S/C11H10F3N5O/c12-11(13,14)9-2-1-8(4-16-9)18-10(20)6-19-5-7(15)3-17-19/h1-5H,6,15H2,(H,18,20). The first-order chi connectivity index (χ1) is 9.34. The summed E-state index contributed by atoms with van der Waals surface area (Å²) in [7, 11) is 0. The number of nitrogens with one attached hydrogen (secondary N) is 1. The Balaban J connectivity index is 1.98. The van der Waals surface area contributed by atoms with Gasteiger partial charge in [-0.15, -0.1) is 0 Å². The first-order valence-corrected chi connectivity index (χ1v) is 5.45. The third-order valence-electron chi connectivity index (χ3n) is 2.30.